The molecule has 134 valence electrons. The van der Waals surface area contributed by atoms with Gasteiger partial charge in [0.15, 0.2) is 0 Å². The van der Waals surface area contributed by atoms with Crippen molar-refractivity contribution < 1.29 is 9.15 Å². The molecule has 1 fully saturated rings. The van der Waals surface area contributed by atoms with Crippen LogP contribution < -0.4 is 10.4 Å². The number of hydrogen-bond acceptors (Lipinski definition) is 4. The number of benzene rings is 2. The summed E-state index contributed by atoms with van der Waals surface area (Å²) >= 11 is 6.42. The molecule has 2 aromatic carbocycles. The smallest absolute Gasteiger partial charge is 0.336 e. The molecule has 1 aromatic heterocycles. The number of hydrogen-bond donors (Lipinski definition) is 0. The fourth-order valence-corrected chi connectivity index (χ4v) is 4.06. The van der Waals surface area contributed by atoms with Crippen molar-refractivity contribution in [3.8, 4) is 5.75 Å². The van der Waals surface area contributed by atoms with E-state index < -0.39 is 0 Å². The average Bonchev–Trinajstić information content (AvgIpc) is 3.09. The van der Waals surface area contributed by atoms with Crippen molar-refractivity contribution in [1.82, 2.24) is 4.90 Å². The monoisotopic (exact) mass is 369 g/mol. The summed E-state index contributed by atoms with van der Waals surface area (Å²) in [4.78, 5) is 14.4. The van der Waals surface area contributed by atoms with Crippen LogP contribution in [-0.4, -0.2) is 18.6 Å². The van der Waals surface area contributed by atoms with Gasteiger partial charge in [-0.05, 0) is 48.7 Å². The summed E-state index contributed by atoms with van der Waals surface area (Å²) < 4.78 is 10.6. The third-order valence-electron chi connectivity index (χ3n) is 5.04. The van der Waals surface area contributed by atoms with Gasteiger partial charge in [0.1, 0.15) is 11.3 Å². The maximum absolute atomic E-state index is 12.0. The van der Waals surface area contributed by atoms with Crippen LogP contribution in [0, 0.1) is 0 Å². The van der Waals surface area contributed by atoms with E-state index in [1.807, 2.05) is 30.3 Å². The van der Waals surface area contributed by atoms with Gasteiger partial charge in [0.05, 0.1) is 7.11 Å². The second-order valence-electron chi connectivity index (χ2n) is 6.60. The lowest BCUT2D eigenvalue weighted by atomic mass is 10.0. The Morgan fingerprint density at radius 1 is 1.23 bits per heavy atom. The average molecular weight is 370 g/mol. The van der Waals surface area contributed by atoms with Crippen molar-refractivity contribution in [2.75, 3.05) is 13.7 Å². The Morgan fingerprint density at radius 3 is 2.88 bits per heavy atom. The Kier molecular flexibility index (Phi) is 4.70. The van der Waals surface area contributed by atoms with Crippen molar-refractivity contribution >= 4 is 22.6 Å². The predicted molar refractivity (Wildman–Crippen MR) is 103 cm³/mol. The van der Waals surface area contributed by atoms with Crippen LogP contribution in [0.1, 0.15) is 30.0 Å². The molecule has 0 saturated carbocycles. The maximum atomic E-state index is 12.0. The van der Waals surface area contributed by atoms with Gasteiger partial charge in [-0.3, -0.25) is 4.90 Å². The largest absolute Gasteiger partial charge is 0.497 e. The summed E-state index contributed by atoms with van der Waals surface area (Å²) in [5.74, 6) is 0.674. The molecule has 1 saturated heterocycles. The van der Waals surface area contributed by atoms with E-state index >= 15 is 0 Å². The number of rotatable bonds is 4. The first-order chi connectivity index (χ1) is 12.7. The van der Waals surface area contributed by atoms with Gasteiger partial charge in [-0.2, -0.15) is 0 Å². The summed E-state index contributed by atoms with van der Waals surface area (Å²) in [5, 5.41) is 1.74. The summed E-state index contributed by atoms with van der Waals surface area (Å²) in [5.41, 5.74) is 2.34. The summed E-state index contributed by atoms with van der Waals surface area (Å²) in [6, 6.07) is 15.5. The molecule has 1 aliphatic rings. The number of fused-ring (bicyclic) bond motifs is 1. The molecule has 0 radical (unpaired) electrons. The van der Waals surface area contributed by atoms with E-state index in [1.165, 1.54) is 0 Å². The van der Waals surface area contributed by atoms with Crippen LogP contribution in [0.25, 0.3) is 11.0 Å². The van der Waals surface area contributed by atoms with E-state index in [0.717, 1.165) is 40.9 Å². The van der Waals surface area contributed by atoms with Crippen LogP contribution >= 0.6 is 11.6 Å². The molecule has 0 spiro atoms. The van der Waals surface area contributed by atoms with E-state index in [9.17, 15) is 4.79 Å². The minimum Gasteiger partial charge on any atom is -0.497 e. The lowest BCUT2D eigenvalue weighted by Gasteiger charge is -2.26. The van der Waals surface area contributed by atoms with Crippen LogP contribution in [0.15, 0.2) is 57.7 Å². The normalized spacial score (nSPS) is 17.7. The van der Waals surface area contributed by atoms with Gasteiger partial charge < -0.3 is 9.15 Å². The highest BCUT2D eigenvalue weighted by atomic mass is 35.5. The van der Waals surface area contributed by atoms with Crippen molar-refractivity contribution in [2.24, 2.45) is 0 Å². The van der Waals surface area contributed by atoms with Gasteiger partial charge in [-0.25, -0.2) is 4.79 Å². The van der Waals surface area contributed by atoms with Crippen LogP contribution in [0.2, 0.25) is 5.02 Å². The topological polar surface area (TPSA) is 42.7 Å². The molecule has 26 heavy (non-hydrogen) atoms. The molecule has 0 aliphatic carbocycles. The molecular weight excluding hydrogens is 350 g/mol. The van der Waals surface area contributed by atoms with Gasteiger partial charge in [-0.15, -0.1) is 0 Å². The molecule has 5 heteroatoms. The SMILES string of the molecule is COc1ccc2c(CN3CCCC3c3ccccc3Cl)cc(=O)oc2c1. The number of ether oxygens (including phenoxy) is 1. The number of halogens is 1. The van der Waals surface area contributed by atoms with Crippen LogP contribution in [0.4, 0.5) is 0 Å². The fourth-order valence-electron chi connectivity index (χ4n) is 3.80. The van der Waals surface area contributed by atoms with Gasteiger partial charge in [-0.1, -0.05) is 29.8 Å². The number of likely N-dealkylation sites (tertiary alicyclic amines) is 1. The zero-order valence-electron chi connectivity index (χ0n) is 14.6. The lowest BCUT2D eigenvalue weighted by Crippen LogP contribution is -2.23. The first-order valence-electron chi connectivity index (χ1n) is 8.75. The Hall–Kier alpha value is -2.30. The predicted octanol–water partition coefficient (Wildman–Crippen LogP) is 4.79. The van der Waals surface area contributed by atoms with E-state index in [0.29, 0.717) is 17.9 Å². The summed E-state index contributed by atoms with van der Waals surface area (Å²) in [6.45, 7) is 1.66. The molecule has 0 N–H and O–H groups in total. The molecule has 4 rings (SSSR count). The maximum Gasteiger partial charge on any atom is 0.336 e. The minimum atomic E-state index is -0.339. The Bertz CT molecular complexity index is 998. The van der Waals surface area contributed by atoms with Gasteiger partial charge in [0, 0.05) is 35.1 Å². The fraction of sp³-hybridized carbons (Fsp3) is 0.286. The highest BCUT2D eigenvalue weighted by Gasteiger charge is 2.28. The van der Waals surface area contributed by atoms with Crippen molar-refractivity contribution in [2.45, 2.75) is 25.4 Å². The highest BCUT2D eigenvalue weighted by molar-refractivity contribution is 6.31. The van der Waals surface area contributed by atoms with Crippen molar-refractivity contribution in [3.63, 3.8) is 0 Å². The van der Waals surface area contributed by atoms with E-state index in [-0.39, 0.29) is 11.7 Å². The Balaban J connectivity index is 1.70. The number of nitrogens with zero attached hydrogens (tertiary/aromatic N) is 1. The van der Waals surface area contributed by atoms with Gasteiger partial charge >= 0.3 is 5.63 Å². The molecule has 1 aliphatic heterocycles. The highest BCUT2D eigenvalue weighted by Crippen LogP contribution is 2.37. The van der Waals surface area contributed by atoms with Gasteiger partial charge in [0.2, 0.25) is 0 Å². The zero-order valence-corrected chi connectivity index (χ0v) is 15.3. The number of methoxy groups -OCH3 is 1. The molecule has 3 aromatic rings. The van der Waals surface area contributed by atoms with E-state index in [4.69, 9.17) is 20.8 Å². The molecule has 1 unspecified atom stereocenters. The van der Waals surface area contributed by atoms with E-state index in [1.54, 1.807) is 19.2 Å². The third-order valence-corrected chi connectivity index (χ3v) is 5.38. The Labute approximate surface area is 156 Å². The third kappa shape index (κ3) is 3.22. The molecular formula is C21H20ClNO3. The molecule has 1 atom stereocenters. The quantitative estimate of drug-likeness (QED) is 0.620. The van der Waals surface area contributed by atoms with Crippen molar-refractivity contribution in [3.05, 3.63) is 75.1 Å². The first-order valence-corrected chi connectivity index (χ1v) is 9.13. The van der Waals surface area contributed by atoms with Gasteiger partial charge in [0.25, 0.3) is 0 Å². The Morgan fingerprint density at radius 2 is 2.08 bits per heavy atom. The van der Waals surface area contributed by atoms with E-state index in [2.05, 4.69) is 11.0 Å². The minimum absolute atomic E-state index is 0.268. The van der Waals surface area contributed by atoms with Crippen LogP contribution in [0.3, 0.4) is 0 Å². The molecule has 0 amide bonds. The molecule has 0 bridgehead atoms. The first kappa shape index (κ1) is 17.1. The van der Waals surface area contributed by atoms with Crippen molar-refractivity contribution in [1.29, 1.82) is 0 Å². The van der Waals surface area contributed by atoms with Crippen LogP contribution in [0.5, 0.6) is 5.75 Å². The van der Waals surface area contributed by atoms with Crippen LogP contribution in [-0.2, 0) is 6.54 Å². The lowest BCUT2D eigenvalue weighted by molar-refractivity contribution is 0.249. The zero-order chi connectivity index (χ0) is 18.1. The summed E-state index contributed by atoms with van der Waals surface area (Å²) in [7, 11) is 1.60. The molecule has 2 heterocycles. The standard InChI is InChI=1S/C21H20ClNO3/c1-25-15-8-9-16-14(11-21(24)26-20(16)12-15)13-23-10-4-7-19(23)17-5-2-3-6-18(17)22/h2-3,5-6,8-9,11-12,19H,4,7,10,13H2,1H3. The molecule has 4 nitrogen and oxygen atoms in total. The summed E-state index contributed by atoms with van der Waals surface area (Å²) in [6.07, 6.45) is 2.18. The second kappa shape index (κ2) is 7.14. The second-order valence-corrected chi connectivity index (χ2v) is 7.01.